The Morgan fingerprint density at radius 2 is 1.91 bits per heavy atom. The lowest BCUT2D eigenvalue weighted by atomic mass is 10.0. The third-order valence-corrected chi connectivity index (χ3v) is 5.78. The maximum Gasteiger partial charge on any atom is 0.451 e. The van der Waals surface area contributed by atoms with Gasteiger partial charge in [-0.15, -0.1) is 0 Å². The van der Waals surface area contributed by atoms with Crippen LogP contribution in [0.1, 0.15) is 40.6 Å². The number of nitrogens with zero attached hydrogens (tertiary/aromatic N) is 4. The molecule has 1 aromatic carbocycles. The number of benzene rings is 1. The van der Waals surface area contributed by atoms with E-state index in [1.54, 1.807) is 30.3 Å². The van der Waals surface area contributed by atoms with Gasteiger partial charge in [0.2, 0.25) is 5.82 Å². The molecule has 0 bridgehead atoms. The summed E-state index contributed by atoms with van der Waals surface area (Å²) in [5, 5.41) is 3.52. The number of hydrogen-bond acceptors (Lipinski definition) is 5. The van der Waals surface area contributed by atoms with Crippen LogP contribution in [0.15, 0.2) is 42.7 Å². The Morgan fingerprint density at radius 1 is 1.18 bits per heavy atom. The minimum atomic E-state index is -4.73. The van der Waals surface area contributed by atoms with E-state index < -0.39 is 36.4 Å². The molecule has 180 valence electrons. The molecule has 2 aromatic heterocycles. The van der Waals surface area contributed by atoms with E-state index in [0.717, 1.165) is 12.4 Å². The van der Waals surface area contributed by atoms with Gasteiger partial charge < -0.3 is 5.32 Å². The van der Waals surface area contributed by atoms with Crippen molar-refractivity contribution in [2.24, 2.45) is 0 Å². The number of fused-ring (bicyclic) bond motifs is 1. The van der Waals surface area contributed by atoms with Crippen LogP contribution in [0, 0.1) is 0 Å². The zero-order valence-corrected chi connectivity index (χ0v) is 18.4. The zero-order valence-electron chi connectivity index (χ0n) is 17.6. The van der Waals surface area contributed by atoms with Gasteiger partial charge in [0, 0.05) is 41.9 Å². The van der Waals surface area contributed by atoms with E-state index in [1.165, 1.54) is 4.90 Å². The zero-order chi connectivity index (χ0) is 24.5. The van der Waals surface area contributed by atoms with Crippen LogP contribution in [0.5, 0.6) is 0 Å². The van der Waals surface area contributed by atoms with Gasteiger partial charge in [-0.2, -0.15) is 13.2 Å². The topological polar surface area (TPSA) is 71.0 Å². The standard InChI is InChI=1S/C22H19ClF5N5O/c23-18-6-5-14-15(3-1-4-16(14)32-18)19(34)29-11-17(33-8-2-7-21(24,25)12-33)13-9-30-20(31-10-13)22(26,27)28/h1,3-6,9-10,17H,2,7-8,11-12H2,(H,29,34). The number of rotatable bonds is 5. The van der Waals surface area contributed by atoms with Crippen molar-refractivity contribution >= 4 is 28.4 Å². The molecule has 3 aromatic rings. The van der Waals surface area contributed by atoms with Crippen LogP contribution in [-0.4, -0.2) is 51.3 Å². The number of nitrogens with one attached hydrogen (secondary N) is 1. The highest BCUT2D eigenvalue weighted by atomic mass is 35.5. The summed E-state index contributed by atoms with van der Waals surface area (Å²) in [4.78, 5) is 25.3. The van der Waals surface area contributed by atoms with Crippen molar-refractivity contribution in [3.63, 3.8) is 0 Å². The molecule has 0 spiro atoms. The van der Waals surface area contributed by atoms with E-state index in [-0.39, 0.29) is 36.6 Å². The molecule has 1 aliphatic rings. The van der Waals surface area contributed by atoms with E-state index >= 15 is 0 Å². The molecular weight excluding hydrogens is 481 g/mol. The number of hydrogen-bond donors (Lipinski definition) is 1. The average Bonchev–Trinajstić information content (AvgIpc) is 2.77. The molecule has 1 saturated heterocycles. The van der Waals surface area contributed by atoms with Crippen LogP contribution in [0.3, 0.4) is 0 Å². The Kier molecular flexibility index (Phi) is 6.68. The van der Waals surface area contributed by atoms with Crippen LogP contribution in [-0.2, 0) is 6.18 Å². The van der Waals surface area contributed by atoms with Crippen molar-refractivity contribution in [3.8, 4) is 0 Å². The highest BCUT2D eigenvalue weighted by molar-refractivity contribution is 6.29. The third-order valence-electron chi connectivity index (χ3n) is 5.57. The molecule has 0 aliphatic carbocycles. The molecule has 12 heteroatoms. The SMILES string of the molecule is O=C(NCC(c1cnc(C(F)(F)F)nc1)N1CCCC(F)(F)C1)c1cccc2nc(Cl)ccc12. The van der Waals surface area contributed by atoms with Crippen molar-refractivity contribution in [2.75, 3.05) is 19.6 Å². The minimum absolute atomic E-state index is 0.138. The number of carbonyl (C=O) groups is 1. The fraction of sp³-hybridized carbons (Fsp3) is 0.364. The third kappa shape index (κ3) is 5.41. The van der Waals surface area contributed by atoms with Gasteiger partial charge in [-0.25, -0.2) is 23.7 Å². The van der Waals surface area contributed by atoms with E-state index in [9.17, 15) is 26.7 Å². The normalized spacial score (nSPS) is 17.5. The predicted octanol–water partition coefficient (Wildman–Crippen LogP) is 4.90. The molecule has 1 N–H and O–H groups in total. The largest absolute Gasteiger partial charge is 0.451 e. The summed E-state index contributed by atoms with van der Waals surface area (Å²) in [6, 6.07) is 7.24. The second kappa shape index (κ2) is 9.38. The minimum Gasteiger partial charge on any atom is -0.350 e. The summed E-state index contributed by atoms with van der Waals surface area (Å²) in [6.07, 6.45) is -2.88. The van der Waals surface area contributed by atoms with Crippen molar-refractivity contribution in [3.05, 3.63) is 64.8 Å². The van der Waals surface area contributed by atoms with Gasteiger partial charge in [0.25, 0.3) is 11.8 Å². The van der Waals surface area contributed by atoms with Crippen molar-refractivity contribution in [1.82, 2.24) is 25.2 Å². The molecule has 4 rings (SSSR count). The quantitative estimate of drug-likeness (QED) is 0.399. The Bertz CT molecular complexity index is 1190. The predicted molar refractivity (Wildman–Crippen MR) is 115 cm³/mol. The molecule has 0 radical (unpaired) electrons. The molecule has 6 nitrogen and oxygen atoms in total. The number of likely N-dealkylation sites (tertiary alicyclic amines) is 1. The van der Waals surface area contributed by atoms with E-state index in [1.807, 2.05) is 0 Å². The number of halogens is 6. The Labute approximate surface area is 196 Å². The number of aromatic nitrogens is 3. The molecule has 1 fully saturated rings. The lowest BCUT2D eigenvalue weighted by Gasteiger charge is -2.38. The van der Waals surface area contributed by atoms with Gasteiger partial charge >= 0.3 is 6.18 Å². The molecule has 1 atom stereocenters. The average molecular weight is 500 g/mol. The summed E-state index contributed by atoms with van der Waals surface area (Å²) >= 11 is 5.91. The van der Waals surface area contributed by atoms with Crippen LogP contribution in [0.25, 0.3) is 10.9 Å². The van der Waals surface area contributed by atoms with Crippen LogP contribution in [0.2, 0.25) is 5.15 Å². The monoisotopic (exact) mass is 499 g/mol. The first kappa shape index (κ1) is 24.2. The van der Waals surface area contributed by atoms with Gasteiger partial charge in [-0.1, -0.05) is 17.7 Å². The first-order valence-corrected chi connectivity index (χ1v) is 10.8. The maximum absolute atomic E-state index is 14.1. The summed E-state index contributed by atoms with van der Waals surface area (Å²) in [5.74, 6) is -4.77. The Balaban J connectivity index is 1.59. The van der Waals surface area contributed by atoms with Gasteiger partial charge in [-0.3, -0.25) is 9.69 Å². The molecule has 1 amide bonds. The summed E-state index contributed by atoms with van der Waals surface area (Å²) in [5.41, 5.74) is 0.994. The number of alkyl halides is 5. The van der Waals surface area contributed by atoms with Crippen LogP contribution < -0.4 is 5.32 Å². The highest BCUT2D eigenvalue weighted by Crippen LogP contribution is 2.33. The van der Waals surface area contributed by atoms with Gasteiger partial charge in [0.15, 0.2) is 0 Å². The highest BCUT2D eigenvalue weighted by Gasteiger charge is 2.39. The fourth-order valence-electron chi connectivity index (χ4n) is 3.99. The lowest BCUT2D eigenvalue weighted by Crippen LogP contribution is -2.47. The first-order valence-electron chi connectivity index (χ1n) is 10.4. The van der Waals surface area contributed by atoms with E-state index in [0.29, 0.717) is 16.5 Å². The van der Waals surface area contributed by atoms with Crippen LogP contribution >= 0.6 is 11.6 Å². The maximum atomic E-state index is 14.1. The molecule has 1 aliphatic heterocycles. The number of pyridine rings is 1. The number of carbonyl (C=O) groups excluding carboxylic acids is 1. The van der Waals surface area contributed by atoms with Crippen LogP contribution in [0.4, 0.5) is 22.0 Å². The molecule has 0 saturated carbocycles. The fourth-order valence-corrected chi connectivity index (χ4v) is 4.14. The van der Waals surface area contributed by atoms with Crippen molar-refractivity contribution < 1.29 is 26.7 Å². The van der Waals surface area contributed by atoms with Crippen molar-refractivity contribution in [2.45, 2.75) is 31.0 Å². The molecule has 3 heterocycles. The summed E-state index contributed by atoms with van der Waals surface area (Å²) in [6.45, 7) is -0.444. The smallest absolute Gasteiger partial charge is 0.350 e. The number of piperidine rings is 1. The summed E-state index contributed by atoms with van der Waals surface area (Å²) in [7, 11) is 0. The summed E-state index contributed by atoms with van der Waals surface area (Å²) < 4.78 is 66.8. The second-order valence-electron chi connectivity index (χ2n) is 8.00. The van der Waals surface area contributed by atoms with E-state index in [2.05, 4.69) is 20.3 Å². The van der Waals surface area contributed by atoms with E-state index in [4.69, 9.17) is 11.6 Å². The van der Waals surface area contributed by atoms with Gasteiger partial charge in [0.05, 0.1) is 18.1 Å². The van der Waals surface area contributed by atoms with Gasteiger partial charge in [-0.05, 0) is 37.2 Å². The number of amides is 1. The second-order valence-corrected chi connectivity index (χ2v) is 8.39. The lowest BCUT2D eigenvalue weighted by molar-refractivity contribution is -0.145. The van der Waals surface area contributed by atoms with Gasteiger partial charge in [0.1, 0.15) is 5.15 Å². The Morgan fingerprint density at radius 3 is 2.59 bits per heavy atom. The Hall–Kier alpha value is -2.92. The molecule has 34 heavy (non-hydrogen) atoms. The van der Waals surface area contributed by atoms with Crippen molar-refractivity contribution in [1.29, 1.82) is 0 Å². The molecular formula is C22H19ClF5N5O. The molecule has 1 unspecified atom stereocenters. The first-order chi connectivity index (χ1) is 16.0.